The molecule has 1 aromatic rings. The first-order valence-electron chi connectivity index (χ1n) is 9.09. The molecule has 2 rings (SSSR count). The number of hydrogen-bond acceptors (Lipinski definition) is 6. The Kier molecular flexibility index (Phi) is 7.36. The van der Waals surface area contributed by atoms with Crippen molar-refractivity contribution in [3.63, 3.8) is 0 Å². The average molecular weight is 351 g/mol. The van der Waals surface area contributed by atoms with Crippen molar-refractivity contribution < 1.29 is 14.1 Å². The Morgan fingerprint density at radius 2 is 1.92 bits per heavy atom. The summed E-state index contributed by atoms with van der Waals surface area (Å²) in [5, 5.41) is 6.79. The Morgan fingerprint density at radius 1 is 1.20 bits per heavy atom. The number of carbonyl (C=O) groups excluding carboxylic acids is 2. The average Bonchev–Trinajstić information content (AvgIpc) is 3.00. The second-order valence-corrected chi connectivity index (χ2v) is 6.73. The number of aryl methyl sites for hydroxylation is 2. The van der Waals surface area contributed by atoms with E-state index in [4.69, 9.17) is 4.52 Å². The van der Waals surface area contributed by atoms with Crippen molar-refractivity contribution in [2.45, 2.75) is 52.5 Å². The van der Waals surface area contributed by atoms with Gasteiger partial charge in [-0.2, -0.15) is 4.98 Å². The molecule has 1 aliphatic heterocycles. The molecule has 25 heavy (non-hydrogen) atoms. The van der Waals surface area contributed by atoms with Gasteiger partial charge in [-0.05, 0) is 20.3 Å². The second-order valence-electron chi connectivity index (χ2n) is 6.73. The lowest BCUT2D eigenvalue weighted by Gasteiger charge is -2.34. The molecule has 1 saturated heterocycles. The molecule has 0 spiro atoms. The SMILES string of the molecule is CCCc1noc(CCC(=O)N2CCN(CC(=O)NC(C)C)CC2)n1. The van der Waals surface area contributed by atoms with Crippen molar-refractivity contribution in [2.24, 2.45) is 0 Å². The summed E-state index contributed by atoms with van der Waals surface area (Å²) < 4.78 is 5.16. The van der Waals surface area contributed by atoms with E-state index in [0.717, 1.165) is 25.9 Å². The van der Waals surface area contributed by atoms with Crippen LogP contribution in [0.3, 0.4) is 0 Å². The number of nitrogens with zero attached hydrogens (tertiary/aromatic N) is 4. The molecule has 0 atom stereocenters. The zero-order valence-corrected chi connectivity index (χ0v) is 15.5. The maximum Gasteiger partial charge on any atom is 0.234 e. The molecule has 0 saturated carbocycles. The molecule has 140 valence electrons. The largest absolute Gasteiger partial charge is 0.353 e. The predicted molar refractivity (Wildman–Crippen MR) is 92.9 cm³/mol. The molecule has 0 aromatic carbocycles. The number of aromatic nitrogens is 2. The molecule has 1 aromatic heterocycles. The summed E-state index contributed by atoms with van der Waals surface area (Å²) in [5.74, 6) is 1.37. The summed E-state index contributed by atoms with van der Waals surface area (Å²) >= 11 is 0. The van der Waals surface area contributed by atoms with E-state index in [2.05, 4.69) is 27.3 Å². The summed E-state index contributed by atoms with van der Waals surface area (Å²) in [6, 6.07) is 0.151. The molecular weight excluding hydrogens is 322 g/mol. The van der Waals surface area contributed by atoms with Crippen LogP contribution in [0.25, 0.3) is 0 Å². The number of hydrogen-bond donors (Lipinski definition) is 1. The van der Waals surface area contributed by atoms with Gasteiger partial charge in [0.2, 0.25) is 17.7 Å². The normalized spacial score (nSPS) is 15.6. The van der Waals surface area contributed by atoms with E-state index in [1.165, 1.54) is 0 Å². The van der Waals surface area contributed by atoms with Crippen molar-refractivity contribution in [1.29, 1.82) is 0 Å². The highest BCUT2D eigenvalue weighted by molar-refractivity contribution is 5.78. The maximum absolute atomic E-state index is 12.3. The van der Waals surface area contributed by atoms with Gasteiger partial charge in [0, 0.05) is 51.5 Å². The fourth-order valence-electron chi connectivity index (χ4n) is 2.81. The molecule has 0 radical (unpaired) electrons. The summed E-state index contributed by atoms with van der Waals surface area (Å²) in [5.41, 5.74) is 0. The monoisotopic (exact) mass is 351 g/mol. The summed E-state index contributed by atoms with van der Waals surface area (Å²) in [7, 11) is 0. The molecular formula is C17H29N5O3. The van der Waals surface area contributed by atoms with Crippen LogP contribution in [0.1, 0.15) is 45.3 Å². The number of amides is 2. The Hall–Kier alpha value is -1.96. The number of piperazine rings is 1. The van der Waals surface area contributed by atoms with Crippen LogP contribution in [0.4, 0.5) is 0 Å². The molecule has 1 N–H and O–H groups in total. The minimum absolute atomic E-state index is 0.0362. The molecule has 8 heteroatoms. The first-order valence-corrected chi connectivity index (χ1v) is 9.09. The van der Waals surface area contributed by atoms with Gasteiger partial charge in [-0.3, -0.25) is 14.5 Å². The third kappa shape index (κ3) is 6.45. The highest BCUT2D eigenvalue weighted by Crippen LogP contribution is 2.08. The van der Waals surface area contributed by atoms with Crippen LogP contribution in [0.2, 0.25) is 0 Å². The molecule has 1 fully saturated rings. The first kappa shape index (κ1) is 19.4. The topological polar surface area (TPSA) is 91.6 Å². The van der Waals surface area contributed by atoms with Gasteiger partial charge in [-0.15, -0.1) is 0 Å². The van der Waals surface area contributed by atoms with E-state index in [1.807, 2.05) is 18.7 Å². The lowest BCUT2D eigenvalue weighted by molar-refractivity contribution is -0.133. The lowest BCUT2D eigenvalue weighted by Crippen LogP contribution is -2.51. The van der Waals surface area contributed by atoms with Gasteiger partial charge < -0.3 is 14.7 Å². The van der Waals surface area contributed by atoms with Gasteiger partial charge in [-0.1, -0.05) is 12.1 Å². The van der Waals surface area contributed by atoms with E-state index >= 15 is 0 Å². The quantitative estimate of drug-likeness (QED) is 0.738. The molecule has 1 aliphatic rings. The van der Waals surface area contributed by atoms with Gasteiger partial charge in [0.25, 0.3) is 0 Å². The zero-order chi connectivity index (χ0) is 18.2. The Labute approximate surface area is 148 Å². The molecule has 2 amide bonds. The zero-order valence-electron chi connectivity index (χ0n) is 15.5. The van der Waals surface area contributed by atoms with E-state index in [9.17, 15) is 9.59 Å². The van der Waals surface area contributed by atoms with Gasteiger partial charge in [0.1, 0.15) is 0 Å². The highest BCUT2D eigenvalue weighted by atomic mass is 16.5. The second kappa shape index (κ2) is 9.50. The number of nitrogens with one attached hydrogen (secondary N) is 1. The van der Waals surface area contributed by atoms with Crippen LogP contribution >= 0.6 is 0 Å². The third-order valence-corrected chi connectivity index (χ3v) is 4.08. The van der Waals surface area contributed by atoms with Crippen molar-refractivity contribution >= 4 is 11.8 Å². The number of carbonyl (C=O) groups is 2. The standard InChI is InChI=1S/C17H29N5O3/c1-4-5-14-19-16(25-20-14)6-7-17(24)22-10-8-21(9-11-22)12-15(23)18-13(2)3/h13H,4-12H2,1-3H3,(H,18,23). The first-order chi connectivity index (χ1) is 12.0. The molecule has 0 unspecified atom stereocenters. The van der Waals surface area contributed by atoms with E-state index in [-0.39, 0.29) is 17.9 Å². The third-order valence-electron chi connectivity index (χ3n) is 4.08. The summed E-state index contributed by atoms with van der Waals surface area (Å²) in [6.07, 6.45) is 2.62. The van der Waals surface area contributed by atoms with Crippen LogP contribution in [0, 0.1) is 0 Å². The van der Waals surface area contributed by atoms with Crippen LogP contribution in [0.15, 0.2) is 4.52 Å². The van der Waals surface area contributed by atoms with Crippen molar-refractivity contribution in [3.05, 3.63) is 11.7 Å². The molecule has 0 bridgehead atoms. The van der Waals surface area contributed by atoms with E-state index < -0.39 is 0 Å². The van der Waals surface area contributed by atoms with Gasteiger partial charge in [-0.25, -0.2) is 0 Å². The van der Waals surface area contributed by atoms with Crippen LogP contribution in [-0.2, 0) is 22.4 Å². The Morgan fingerprint density at radius 3 is 2.56 bits per heavy atom. The van der Waals surface area contributed by atoms with Crippen molar-refractivity contribution in [1.82, 2.24) is 25.3 Å². The molecule has 0 aliphatic carbocycles. The molecule has 8 nitrogen and oxygen atoms in total. The van der Waals surface area contributed by atoms with Crippen molar-refractivity contribution in [3.8, 4) is 0 Å². The van der Waals surface area contributed by atoms with E-state index in [1.54, 1.807) is 0 Å². The van der Waals surface area contributed by atoms with Gasteiger partial charge in [0.05, 0.1) is 6.54 Å². The van der Waals surface area contributed by atoms with Crippen molar-refractivity contribution in [2.75, 3.05) is 32.7 Å². The smallest absolute Gasteiger partial charge is 0.234 e. The fraction of sp³-hybridized carbons (Fsp3) is 0.765. The Bertz CT molecular complexity index is 564. The van der Waals surface area contributed by atoms with Gasteiger partial charge in [0.15, 0.2) is 5.82 Å². The van der Waals surface area contributed by atoms with Crippen LogP contribution in [-0.4, -0.2) is 70.5 Å². The summed E-state index contributed by atoms with van der Waals surface area (Å²) in [4.78, 5) is 32.3. The maximum atomic E-state index is 12.3. The van der Waals surface area contributed by atoms with E-state index in [0.29, 0.717) is 44.2 Å². The molecule has 2 heterocycles. The minimum Gasteiger partial charge on any atom is -0.353 e. The fourth-order valence-corrected chi connectivity index (χ4v) is 2.81. The van der Waals surface area contributed by atoms with Gasteiger partial charge >= 0.3 is 0 Å². The van der Waals surface area contributed by atoms with Crippen LogP contribution < -0.4 is 5.32 Å². The Balaban J connectivity index is 1.69. The summed E-state index contributed by atoms with van der Waals surface area (Å²) in [6.45, 7) is 9.09. The van der Waals surface area contributed by atoms with Crippen LogP contribution in [0.5, 0.6) is 0 Å². The highest BCUT2D eigenvalue weighted by Gasteiger charge is 2.22. The lowest BCUT2D eigenvalue weighted by atomic mass is 10.2. The number of rotatable bonds is 8. The predicted octanol–water partition coefficient (Wildman–Crippen LogP) is 0.624. The minimum atomic E-state index is 0.0362.